The molecule has 2 N–H and O–H groups in total. The molecule has 0 spiro atoms. The lowest BCUT2D eigenvalue weighted by Gasteiger charge is -2.08. The van der Waals surface area contributed by atoms with Crippen molar-refractivity contribution in [3.05, 3.63) is 28.8 Å². The molecule has 0 aromatic heterocycles. The van der Waals surface area contributed by atoms with Crippen LogP contribution in [0.15, 0.2) is 23.1 Å². The molecule has 112 valence electrons. The minimum Gasteiger partial charge on any atom is -0.465 e. The fourth-order valence-corrected chi connectivity index (χ4v) is 2.92. The third-order valence-electron chi connectivity index (χ3n) is 2.55. The maximum Gasteiger partial charge on any atom is 0.339 e. The van der Waals surface area contributed by atoms with E-state index in [1.807, 2.05) is 0 Å². The van der Waals surface area contributed by atoms with Crippen LogP contribution in [0.5, 0.6) is 0 Å². The van der Waals surface area contributed by atoms with E-state index in [1.165, 1.54) is 25.3 Å². The average molecular weight is 321 g/mol. The quantitative estimate of drug-likeness (QED) is 0.578. The summed E-state index contributed by atoms with van der Waals surface area (Å²) in [5.74, 6) is -0.610. The molecule has 0 amide bonds. The van der Waals surface area contributed by atoms with Gasteiger partial charge in [-0.1, -0.05) is 11.6 Å². The first-order chi connectivity index (χ1) is 9.42. The Labute approximate surface area is 123 Å². The fraction of sp³-hybridized carbons (Fsp3) is 0.417. The Hall–Kier alpha value is -1.15. The lowest BCUT2D eigenvalue weighted by Crippen LogP contribution is -2.26. The van der Waals surface area contributed by atoms with Crippen molar-refractivity contribution in [2.75, 3.05) is 27.2 Å². The number of carbonyl (C=O) groups is 1. The second-order valence-corrected chi connectivity index (χ2v) is 6.16. The molecule has 0 radical (unpaired) electrons. The zero-order valence-electron chi connectivity index (χ0n) is 11.3. The maximum atomic E-state index is 12.0. The molecular weight excluding hydrogens is 304 g/mol. The fourth-order valence-electron chi connectivity index (χ4n) is 1.49. The van der Waals surface area contributed by atoms with Crippen LogP contribution in [0.1, 0.15) is 16.8 Å². The summed E-state index contributed by atoms with van der Waals surface area (Å²) < 4.78 is 31.0. The van der Waals surface area contributed by atoms with E-state index in [0.717, 1.165) is 0 Å². The smallest absolute Gasteiger partial charge is 0.339 e. The number of ether oxygens (including phenoxy) is 1. The van der Waals surface area contributed by atoms with Gasteiger partial charge in [0.25, 0.3) is 0 Å². The molecule has 0 unspecified atom stereocenters. The van der Waals surface area contributed by atoms with Gasteiger partial charge in [0, 0.05) is 6.54 Å². The molecule has 1 rings (SSSR count). The number of halogens is 1. The number of rotatable bonds is 7. The summed E-state index contributed by atoms with van der Waals surface area (Å²) in [4.78, 5) is 11.4. The lowest BCUT2D eigenvalue weighted by molar-refractivity contribution is 0.0601. The summed E-state index contributed by atoms with van der Waals surface area (Å²) in [6, 6.07) is 3.88. The number of hydrogen-bond acceptors (Lipinski definition) is 5. The molecule has 1 aromatic rings. The van der Waals surface area contributed by atoms with E-state index in [0.29, 0.717) is 19.5 Å². The molecule has 0 saturated carbocycles. The van der Waals surface area contributed by atoms with Crippen molar-refractivity contribution in [2.45, 2.75) is 11.3 Å². The van der Waals surface area contributed by atoms with Gasteiger partial charge < -0.3 is 10.1 Å². The lowest BCUT2D eigenvalue weighted by atomic mass is 10.2. The summed E-state index contributed by atoms with van der Waals surface area (Å²) in [6.07, 6.45) is 0.670. The van der Waals surface area contributed by atoms with E-state index in [-0.39, 0.29) is 15.5 Å². The van der Waals surface area contributed by atoms with E-state index >= 15 is 0 Å². The third-order valence-corrected chi connectivity index (χ3v) is 4.32. The minimum atomic E-state index is -3.63. The van der Waals surface area contributed by atoms with Crippen LogP contribution in [-0.4, -0.2) is 41.6 Å². The van der Waals surface area contributed by atoms with Gasteiger partial charge in [-0.3, -0.25) is 0 Å². The highest BCUT2D eigenvalue weighted by atomic mass is 35.5. The van der Waals surface area contributed by atoms with Gasteiger partial charge in [-0.15, -0.1) is 0 Å². The summed E-state index contributed by atoms with van der Waals surface area (Å²) >= 11 is 5.89. The van der Waals surface area contributed by atoms with Crippen molar-refractivity contribution in [3.8, 4) is 0 Å². The largest absolute Gasteiger partial charge is 0.465 e. The Morgan fingerprint density at radius 2 is 2.05 bits per heavy atom. The summed E-state index contributed by atoms with van der Waals surface area (Å²) in [5.41, 5.74) is 0.128. The molecule has 0 fully saturated rings. The van der Waals surface area contributed by atoms with Crippen LogP contribution in [0.25, 0.3) is 0 Å². The van der Waals surface area contributed by atoms with Crippen molar-refractivity contribution in [1.82, 2.24) is 10.0 Å². The molecule has 0 atom stereocenters. The third kappa shape index (κ3) is 4.45. The maximum absolute atomic E-state index is 12.0. The standard InChI is InChI=1S/C12H17ClN2O4S/c1-14-6-3-7-15-20(17,18)9-4-5-10(11(13)8-9)12(16)19-2/h4-5,8,14-15H,3,6-7H2,1-2H3. The molecule has 0 heterocycles. The number of carbonyl (C=O) groups excluding carboxylic acids is 1. The molecule has 0 saturated heterocycles. The topological polar surface area (TPSA) is 84.5 Å². The predicted molar refractivity (Wildman–Crippen MR) is 76.5 cm³/mol. The number of hydrogen-bond donors (Lipinski definition) is 2. The number of nitrogens with one attached hydrogen (secondary N) is 2. The number of methoxy groups -OCH3 is 1. The number of sulfonamides is 1. The molecular formula is C12H17ClN2O4S. The molecule has 0 aliphatic heterocycles. The van der Waals surface area contributed by atoms with Gasteiger partial charge in [0.05, 0.1) is 22.6 Å². The molecule has 20 heavy (non-hydrogen) atoms. The van der Waals surface area contributed by atoms with Crippen molar-refractivity contribution in [1.29, 1.82) is 0 Å². The molecule has 0 bridgehead atoms. The Morgan fingerprint density at radius 1 is 1.35 bits per heavy atom. The first-order valence-electron chi connectivity index (χ1n) is 5.94. The Bertz CT molecular complexity index is 575. The van der Waals surface area contributed by atoms with Crippen molar-refractivity contribution >= 4 is 27.6 Å². The first kappa shape index (κ1) is 16.9. The highest BCUT2D eigenvalue weighted by Gasteiger charge is 2.17. The Kier molecular flexibility index (Phi) is 6.41. The van der Waals surface area contributed by atoms with Crippen LogP contribution in [0.2, 0.25) is 5.02 Å². The summed E-state index contributed by atoms with van der Waals surface area (Å²) in [5, 5.41) is 2.96. The molecule has 0 aliphatic rings. The van der Waals surface area contributed by atoms with Crippen LogP contribution < -0.4 is 10.0 Å². The van der Waals surface area contributed by atoms with Crippen LogP contribution in [0, 0.1) is 0 Å². The minimum absolute atomic E-state index is 0.0135. The first-order valence-corrected chi connectivity index (χ1v) is 7.80. The highest BCUT2D eigenvalue weighted by Crippen LogP contribution is 2.21. The van der Waals surface area contributed by atoms with Crippen LogP contribution in [-0.2, 0) is 14.8 Å². The summed E-state index contributed by atoms with van der Waals surface area (Å²) in [7, 11) is -0.606. The normalized spacial score (nSPS) is 11.3. The van der Waals surface area contributed by atoms with Gasteiger partial charge in [-0.25, -0.2) is 17.9 Å². The SMILES string of the molecule is CNCCCNS(=O)(=O)c1ccc(C(=O)OC)c(Cl)c1. The van der Waals surface area contributed by atoms with Gasteiger partial charge in [0.2, 0.25) is 10.0 Å². The molecule has 0 aliphatic carbocycles. The van der Waals surface area contributed by atoms with Crippen LogP contribution >= 0.6 is 11.6 Å². The summed E-state index contributed by atoms with van der Waals surface area (Å²) in [6.45, 7) is 1.03. The predicted octanol–water partition coefficient (Wildman–Crippen LogP) is 1.01. The van der Waals surface area contributed by atoms with Crippen LogP contribution in [0.3, 0.4) is 0 Å². The molecule has 1 aromatic carbocycles. The Balaban J connectivity index is 2.86. The monoisotopic (exact) mass is 320 g/mol. The zero-order valence-corrected chi connectivity index (χ0v) is 12.8. The molecule has 6 nitrogen and oxygen atoms in total. The van der Waals surface area contributed by atoms with Gasteiger partial charge in [0.15, 0.2) is 0 Å². The van der Waals surface area contributed by atoms with Crippen LogP contribution in [0.4, 0.5) is 0 Å². The van der Waals surface area contributed by atoms with Gasteiger partial charge in [0.1, 0.15) is 0 Å². The van der Waals surface area contributed by atoms with E-state index in [9.17, 15) is 13.2 Å². The van der Waals surface area contributed by atoms with Crippen molar-refractivity contribution < 1.29 is 17.9 Å². The van der Waals surface area contributed by atoms with Crippen molar-refractivity contribution in [2.24, 2.45) is 0 Å². The van der Waals surface area contributed by atoms with Gasteiger partial charge in [-0.05, 0) is 38.2 Å². The van der Waals surface area contributed by atoms with Crippen molar-refractivity contribution in [3.63, 3.8) is 0 Å². The van der Waals surface area contributed by atoms with Gasteiger partial charge in [-0.2, -0.15) is 0 Å². The Morgan fingerprint density at radius 3 is 2.60 bits per heavy atom. The highest BCUT2D eigenvalue weighted by molar-refractivity contribution is 7.89. The van der Waals surface area contributed by atoms with E-state index in [4.69, 9.17) is 11.6 Å². The van der Waals surface area contributed by atoms with E-state index in [1.54, 1.807) is 7.05 Å². The zero-order chi connectivity index (χ0) is 15.2. The second kappa shape index (κ2) is 7.58. The molecule has 8 heteroatoms. The average Bonchev–Trinajstić information content (AvgIpc) is 2.42. The second-order valence-electron chi connectivity index (χ2n) is 3.99. The van der Waals surface area contributed by atoms with E-state index < -0.39 is 16.0 Å². The van der Waals surface area contributed by atoms with E-state index in [2.05, 4.69) is 14.8 Å². The number of esters is 1. The number of benzene rings is 1. The van der Waals surface area contributed by atoms with Gasteiger partial charge >= 0.3 is 5.97 Å².